The van der Waals surface area contributed by atoms with Crippen molar-refractivity contribution < 1.29 is 4.92 Å². The zero-order chi connectivity index (χ0) is 14.8. The van der Waals surface area contributed by atoms with Gasteiger partial charge in [0.25, 0.3) is 5.69 Å². The van der Waals surface area contributed by atoms with Gasteiger partial charge in [-0.25, -0.2) is 4.98 Å². The van der Waals surface area contributed by atoms with Gasteiger partial charge in [0.15, 0.2) is 0 Å². The Morgan fingerprint density at radius 2 is 1.90 bits per heavy atom. The smallest absolute Gasteiger partial charge is 0.280 e. The van der Waals surface area contributed by atoms with Gasteiger partial charge in [-0.15, -0.1) is 6.58 Å². The van der Waals surface area contributed by atoms with Crippen molar-refractivity contribution in [2.75, 3.05) is 0 Å². The van der Waals surface area contributed by atoms with Gasteiger partial charge in [0, 0.05) is 12.6 Å². The Bertz CT molecular complexity index is 836. The number of nitro groups is 1. The fourth-order valence-corrected chi connectivity index (χ4v) is 2.42. The van der Waals surface area contributed by atoms with Gasteiger partial charge in [-0.3, -0.25) is 10.1 Å². The number of para-hydroxylation sites is 3. The predicted molar refractivity (Wildman–Crippen MR) is 82.0 cm³/mol. The van der Waals surface area contributed by atoms with Crippen LogP contribution in [0.3, 0.4) is 0 Å². The lowest BCUT2D eigenvalue weighted by molar-refractivity contribution is -0.384. The minimum absolute atomic E-state index is 0.0538. The second-order valence-electron chi connectivity index (χ2n) is 4.60. The Labute approximate surface area is 121 Å². The molecule has 0 aliphatic heterocycles. The number of fused-ring (bicyclic) bond motifs is 1. The van der Waals surface area contributed by atoms with Gasteiger partial charge < -0.3 is 4.57 Å². The van der Waals surface area contributed by atoms with Crippen molar-refractivity contribution in [1.82, 2.24) is 9.55 Å². The number of nitro benzene ring substituents is 1. The molecule has 0 amide bonds. The summed E-state index contributed by atoms with van der Waals surface area (Å²) in [5, 5.41) is 11.2. The first kappa shape index (κ1) is 13.1. The van der Waals surface area contributed by atoms with Gasteiger partial charge in [0.1, 0.15) is 5.82 Å². The van der Waals surface area contributed by atoms with E-state index in [1.807, 2.05) is 28.8 Å². The summed E-state index contributed by atoms with van der Waals surface area (Å²) in [5.41, 5.74) is 2.32. The van der Waals surface area contributed by atoms with Crippen LogP contribution in [0.2, 0.25) is 0 Å². The summed E-state index contributed by atoms with van der Waals surface area (Å²) < 4.78 is 1.94. The summed E-state index contributed by atoms with van der Waals surface area (Å²) in [6.07, 6.45) is 1.76. The second-order valence-corrected chi connectivity index (χ2v) is 4.60. The van der Waals surface area contributed by atoms with Crippen LogP contribution in [0.5, 0.6) is 0 Å². The van der Waals surface area contributed by atoms with E-state index in [9.17, 15) is 10.1 Å². The zero-order valence-corrected chi connectivity index (χ0v) is 11.3. The van der Waals surface area contributed by atoms with Crippen LogP contribution in [0.15, 0.2) is 61.2 Å². The number of nitrogens with zero attached hydrogens (tertiary/aromatic N) is 3. The molecule has 3 rings (SSSR count). The largest absolute Gasteiger partial charge is 0.320 e. The van der Waals surface area contributed by atoms with Gasteiger partial charge in [0.05, 0.1) is 21.5 Å². The highest BCUT2D eigenvalue weighted by Crippen LogP contribution is 2.31. The maximum Gasteiger partial charge on any atom is 0.280 e. The first-order valence-electron chi connectivity index (χ1n) is 6.52. The topological polar surface area (TPSA) is 61.0 Å². The van der Waals surface area contributed by atoms with Crippen LogP contribution < -0.4 is 0 Å². The third kappa shape index (κ3) is 2.18. The van der Waals surface area contributed by atoms with Crippen molar-refractivity contribution in [2.24, 2.45) is 0 Å². The monoisotopic (exact) mass is 279 g/mol. The molecule has 0 radical (unpaired) electrons. The van der Waals surface area contributed by atoms with Crippen LogP contribution in [0, 0.1) is 10.1 Å². The number of aromatic nitrogens is 2. The van der Waals surface area contributed by atoms with Crippen LogP contribution in [0.1, 0.15) is 0 Å². The first-order valence-corrected chi connectivity index (χ1v) is 6.52. The number of hydrogen-bond donors (Lipinski definition) is 0. The van der Waals surface area contributed by atoms with Gasteiger partial charge in [0.2, 0.25) is 0 Å². The molecule has 0 fully saturated rings. The lowest BCUT2D eigenvalue weighted by atomic mass is 10.1. The molecule has 0 saturated carbocycles. The summed E-state index contributed by atoms with van der Waals surface area (Å²) in [4.78, 5) is 15.4. The Kier molecular flexibility index (Phi) is 3.23. The number of imidazole rings is 1. The van der Waals surface area contributed by atoms with Gasteiger partial charge in [-0.05, 0) is 18.2 Å². The highest BCUT2D eigenvalue weighted by molar-refractivity contribution is 5.82. The SMILES string of the molecule is C=CCn1c(-c2ccccc2[N+](=O)[O-])nc2ccccc21. The first-order chi connectivity index (χ1) is 10.2. The Balaban J connectivity index is 2.32. The van der Waals surface area contributed by atoms with Gasteiger partial charge in [-0.2, -0.15) is 0 Å². The molecular weight excluding hydrogens is 266 g/mol. The fraction of sp³-hybridized carbons (Fsp3) is 0.0625. The van der Waals surface area contributed by atoms with E-state index >= 15 is 0 Å². The second kappa shape index (κ2) is 5.20. The minimum atomic E-state index is -0.382. The van der Waals surface area contributed by atoms with Crippen molar-refractivity contribution in [3.05, 3.63) is 71.3 Å². The van der Waals surface area contributed by atoms with Crippen LogP contribution in [-0.2, 0) is 6.54 Å². The average molecular weight is 279 g/mol. The van der Waals surface area contributed by atoms with Crippen LogP contribution in [-0.4, -0.2) is 14.5 Å². The predicted octanol–water partition coefficient (Wildman–Crippen LogP) is 3.80. The molecular formula is C16H13N3O2. The molecule has 0 atom stereocenters. The number of benzene rings is 2. The highest BCUT2D eigenvalue weighted by atomic mass is 16.6. The Morgan fingerprint density at radius 3 is 2.67 bits per heavy atom. The van der Waals surface area contributed by atoms with E-state index in [1.165, 1.54) is 6.07 Å². The molecule has 0 aliphatic rings. The van der Waals surface area contributed by atoms with Gasteiger partial charge >= 0.3 is 0 Å². The van der Waals surface area contributed by atoms with E-state index < -0.39 is 0 Å². The summed E-state index contributed by atoms with van der Waals surface area (Å²) in [5.74, 6) is 0.586. The van der Waals surface area contributed by atoms with Crippen molar-refractivity contribution >= 4 is 16.7 Å². The lowest BCUT2D eigenvalue weighted by Gasteiger charge is -2.06. The molecule has 0 unspecified atom stereocenters. The molecule has 0 N–H and O–H groups in total. The van der Waals surface area contributed by atoms with Crippen LogP contribution in [0.25, 0.3) is 22.4 Å². The number of rotatable bonds is 4. The standard InChI is InChI=1S/C16H13N3O2/c1-2-11-18-15-10-6-4-8-13(15)17-16(18)12-7-3-5-9-14(12)19(20)21/h2-10H,1,11H2. The van der Waals surface area contributed by atoms with E-state index in [2.05, 4.69) is 11.6 Å². The van der Waals surface area contributed by atoms with E-state index in [1.54, 1.807) is 24.3 Å². The molecule has 104 valence electrons. The fourth-order valence-electron chi connectivity index (χ4n) is 2.42. The van der Waals surface area contributed by atoms with E-state index in [0.717, 1.165) is 11.0 Å². The molecule has 1 heterocycles. The molecule has 1 aromatic heterocycles. The molecule has 5 heteroatoms. The molecule has 0 bridgehead atoms. The van der Waals surface area contributed by atoms with Gasteiger partial charge in [-0.1, -0.05) is 30.3 Å². The molecule has 2 aromatic carbocycles. The summed E-state index contributed by atoms with van der Waals surface area (Å²) in [7, 11) is 0. The van der Waals surface area contributed by atoms with E-state index in [4.69, 9.17) is 0 Å². The minimum Gasteiger partial charge on any atom is -0.320 e. The Morgan fingerprint density at radius 1 is 1.19 bits per heavy atom. The molecule has 0 saturated heterocycles. The molecule has 0 spiro atoms. The molecule has 5 nitrogen and oxygen atoms in total. The van der Waals surface area contributed by atoms with Crippen molar-refractivity contribution in [1.29, 1.82) is 0 Å². The maximum atomic E-state index is 11.2. The lowest BCUT2D eigenvalue weighted by Crippen LogP contribution is -2.00. The Hall–Kier alpha value is -2.95. The van der Waals surface area contributed by atoms with Crippen LogP contribution in [0.4, 0.5) is 5.69 Å². The quantitative estimate of drug-likeness (QED) is 0.414. The maximum absolute atomic E-state index is 11.2. The molecule has 0 aliphatic carbocycles. The third-order valence-corrected chi connectivity index (χ3v) is 3.31. The summed E-state index contributed by atoms with van der Waals surface area (Å²) in [6, 6.07) is 14.3. The zero-order valence-electron chi connectivity index (χ0n) is 11.3. The molecule has 3 aromatic rings. The highest BCUT2D eigenvalue weighted by Gasteiger charge is 2.20. The van der Waals surface area contributed by atoms with Crippen molar-refractivity contribution in [3.63, 3.8) is 0 Å². The van der Waals surface area contributed by atoms with Crippen molar-refractivity contribution in [3.8, 4) is 11.4 Å². The summed E-state index contributed by atoms with van der Waals surface area (Å²) >= 11 is 0. The van der Waals surface area contributed by atoms with Crippen LogP contribution >= 0.6 is 0 Å². The molecule has 21 heavy (non-hydrogen) atoms. The number of allylic oxidation sites excluding steroid dienone is 1. The van der Waals surface area contributed by atoms with Crippen molar-refractivity contribution in [2.45, 2.75) is 6.54 Å². The van der Waals surface area contributed by atoms with E-state index in [-0.39, 0.29) is 10.6 Å². The number of hydrogen-bond acceptors (Lipinski definition) is 3. The van der Waals surface area contributed by atoms with E-state index in [0.29, 0.717) is 17.9 Å². The average Bonchev–Trinajstić information content (AvgIpc) is 2.86. The third-order valence-electron chi connectivity index (χ3n) is 3.31. The summed E-state index contributed by atoms with van der Waals surface area (Å²) in [6.45, 7) is 4.30. The normalized spacial score (nSPS) is 10.7.